The second-order valence-corrected chi connectivity index (χ2v) is 10.5. The van der Waals surface area contributed by atoms with E-state index in [1.54, 1.807) is 91.9 Å². The number of thioether (sulfide) groups is 1. The number of carbonyl (C=O) groups excluding carboxylic acids is 3. The Labute approximate surface area is 251 Å². The van der Waals surface area contributed by atoms with E-state index in [1.807, 2.05) is 0 Å². The Hall–Kier alpha value is -4.86. The second kappa shape index (κ2) is 14.2. The highest BCUT2D eigenvalue weighted by Crippen LogP contribution is 2.24. The van der Waals surface area contributed by atoms with Crippen molar-refractivity contribution in [3.05, 3.63) is 130 Å². The lowest BCUT2D eigenvalue weighted by Crippen LogP contribution is -2.30. The SMILES string of the molecule is Cc1ccc(C(=O)O)cc1NC(=O)CSc1cccc(NC(=O)/C(=C\c2ccccc2Cl)NC(=O)c2ccccc2)c1. The van der Waals surface area contributed by atoms with Gasteiger partial charge in [-0.25, -0.2) is 4.79 Å². The number of hydrogen-bond acceptors (Lipinski definition) is 5. The number of nitrogens with one attached hydrogen (secondary N) is 3. The Kier molecular flexibility index (Phi) is 10.1. The van der Waals surface area contributed by atoms with Crippen LogP contribution in [0.1, 0.15) is 31.8 Å². The minimum Gasteiger partial charge on any atom is -0.478 e. The molecule has 0 radical (unpaired) electrons. The molecule has 0 aliphatic heterocycles. The van der Waals surface area contributed by atoms with E-state index in [0.29, 0.717) is 32.4 Å². The summed E-state index contributed by atoms with van der Waals surface area (Å²) >= 11 is 7.54. The average Bonchev–Trinajstić information content (AvgIpc) is 2.98. The maximum atomic E-state index is 13.3. The highest BCUT2D eigenvalue weighted by molar-refractivity contribution is 8.00. The van der Waals surface area contributed by atoms with Crippen LogP contribution in [0.5, 0.6) is 0 Å². The summed E-state index contributed by atoms with van der Waals surface area (Å²) in [6.45, 7) is 1.78. The Morgan fingerprint density at radius 1 is 0.833 bits per heavy atom. The van der Waals surface area contributed by atoms with E-state index in [4.69, 9.17) is 11.6 Å². The van der Waals surface area contributed by atoms with Gasteiger partial charge in [-0.3, -0.25) is 14.4 Å². The third kappa shape index (κ3) is 8.33. The predicted molar refractivity (Wildman–Crippen MR) is 166 cm³/mol. The van der Waals surface area contributed by atoms with Crippen LogP contribution in [0.25, 0.3) is 6.08 Å². The third-order valence-electron chi connectivity index (χ3n) is 5.95. The van der Waals surface area contributed by atoms with Crippen LogP contribution in [0.15, 0.2) is 108 Å². The molecule has 0 atom stereocenters. The molecule has 0 fully saturated rings. The maximum absolute atomic E-state index is 13.3. The molecule has 4 aromatic carbocycles. The monoisotopic (exact) mass is 599 g/mol. The summed E-state index contributed by atoms with van der Waals surface area (Å²) in [5.41, 5.74) is 2.63. The lowest BCUT2D eigenvalue weighted by Gasteiger charge is -2.13. The minimum absolute atomic E-state index is 0.00616. The van der Waals surface area contributed by atoms with Gasteiger partial charge in [-0.15, -0.1) is 11.8 Å². The summed E-state index contributed by atoms with van der Waals surface area (Å²) in [7, 11) is 0. The molecule has 0 bridgehead atoms. The fourth-order valence-electron chi connectivity index (χ4n) is 3.78. The van der Waals surface area contributed by atoms with E-state index in [1.165, 1.54) is 30.0 Å². The number of anilines is 2. The molecule has 0 heterocycles. The van der Waals surface area contributed by atoms with Gasteiger partial charge >= 0.3 is 5.97 Å². The number of aromatic carboxylic acids is 1. The van der Waals surface area contributed by atoms with Gasteiger partial charge in [-0.2, -0.15) is 0 Å². The number of carbonyl (C=O) groups is 4. The lowest BCUT2D eigenvalue weighted by molar-refractivity contribution is -0.114. The topological polar surface area (TPSA) is 125 Å². The standard InChI is InChI=1S/C32H26ClN3O5S/c1-20-14-15-23(32(40)41)17-27(20)35-29(37)19-42-25-12-7-11-24(18-25)34-31(39)28(16-22-10-5-6-13-26(22)33)36-30(38)21-8-3-2-4-9-21/h2-18H,19H2,1H3,(H,34,39)(H,35,37)(H,36,38)(H,40,41)/b28-16+. The number of benzene rings is 4. The molecule has 0 saturated carbocycles. The first-order valence-corrected chi connectivity index (χ1v) is 14.1. The fourth-order valence-corrected chi connectivity index (χ4v) is 4.72. The predicted octanol–water partition coefficient (Wildman–Crippen LogP) is 6.49. The van der Waals surface area contributed by atoms with Crippen molar-refractivity contribution in [2.24, 2.45) is 0 Å². The van der Waals surface area contributed by atoms with E-state index in [0.717, 1.165) is 5.56 Å². The fraction of sp³-hybridized carbons (Fsp3) is 0.0625. The number of rotatable bonds is 10. The molecule has 0 aliphatic carbocycles. The van der Waals surface area contributed by atoms with E-state index in [-0.39, 0.29) is 22.9 Å². The van der Waals surface area contributed by atoms with Crippen LogP contribution in [0.4, 0.5) is 11.4 Å². The van der Waals surface area contributed by atoms with Crippen molar-refractivity contribution in [1.29, 1.82) is 0 Å². The molecule has 212 valence electrons. The van der Waals surface area contributed by atoms with Gasteiger partial charge in [0.05, 0.1) is 11.3 Å². The van der Waals surface area contributed by atoms with Gasteiger partial charge in [0.15, 0.2) is 0 Å². The van der Waals surface area contributed by atoms with Gasteiger partial charge in [0.25, 0.3) is 11.8 Å². The molecule has 0 aromatic heterocycles. The highest BCUT2D eigenvalue weighted by Gasteiger charge is 2.16. The number of aryl methyl sites for hydroxylation is 1. The summed E-state index contributed by atoms with van der Waals surface area (Å²) in [5.74, 6) is -2.35. The molecule has 4 N–H and O–H groups in total. The van der Waals surface area contributed by atoms with E-state index >= 15 is 0 Å². The Balaban J connectivity index is 1.45. The van der Waals surface area contributed by atoms with Crippen LogP contribution in [0.3, 0.4) is 0 Å². The first kappa shape index (κ1) is 30.1. The first-order valence-electron chi connectivity index (χ1n) is 12.7. The molecule has 0 unspecified atom stereocenters. The van der Waals surface area contributed by atoms with Crippen molar-refractivity contribution in [2.45, 2.75) is 11.8 Å². The molecule has 4 aromatic rings. The maximum Gasteiger partial charge on any atom is 0.335 e. The van der Waals surface area contributed by atoms with Gasteiger partial charge in [0.1, 0.15) is 5.70 Å². The van der Waals surface area contributed by atoms with E-state index < -0.39 is 17.8 Å². The first-order chi connectivity index (χ1) is 20.2. The molecule has 8 nitrogen and oxygen atoms in total. The normalized spacial score (nSPS) is 11.0. The van der Waals surface area contributed by atoms with Crippen molar-refractivity contribution in [3.8, 4) is 0 Å². The second-order valence-electron chi connectivity index (χ2n) is 9.05. The minimum atomic E-state index is -1.08. The van der Waals surface area contributed by atoms with Crippen LogP contribution in [0, 0.1) is 6.92 Å². The van der Waals surface area contributed by atoms with Gasteiger partial charge in [-0.1, -0.05) is 60.1 Å². The van der Waals surface area contributed by atoms with Crippen LogP contribution < -0.4 is 16.0 Å². The van der Waals surface area contributed by atoms with Gasteiger partial charge in [-0.05, 0) is 72.7 Å². The van der Waals surface area contributed by atoms with E-state index in [2.05, 4.69) is 16.0 Å². The highest BCUT2D eigenvalue weighted by atomic mass is 35.5. The zero-order valence-electron chi connectivity index (χ0n) is 22.4. The largest absolute Gasteiger partial charge is 0.478 e. The summed E-state index contributed by atoms with van der Waals surface area (Å²) in [6, 6.07) is 26.9. The number of halogens is 1. The third-order valence-corrected chi connectivity index (χ3v) is 7.29. The smallest absolute Gasteiger partial charge is 0.335 e. The van der Waals surface area contributed by atoms with Crippen LogP contribution in [-0.4, -0.2) is 34.6 Å². The molecule has 42 heavy (non-hydrogen) atoms. The van der Waals surface area contributed by atoms with Crippen molar-refractivity contribution >= 4 is 64.5 Å². The lowest BCUT2D eigenvalue weighted by atomic mass is 10.1. The van der Waals surface area contributed by atoms with Gasteiger partial charge < -0.3 is 21.1 Å². The zero-order chi connectivity index (χ0) is 30.1. The van der Waals surface area contributed by atoms with E-state index in [9.17, 15) is 24.3 Å². The van der Waals surface area contributed by atoms with Crippen molar-refractivity contribution in [2.75, 3.05) is 16.4 Å². The summed E-state index contributed by atoms with van der Waals surface area (Å²) < 4.78 is 0. The Morgan fingerprint density at radius 2 is 1.57 bits per heavy atom. The van der Waals surface area contributed by atoms with Gasteiger partial charge in [0.2, 0.25) is 5.91 Å². The molecule has 0 aliphatic rings. The molecule has 0 spiro atoms. The van der Waals surface area contributed by atoms with Crippen molar-refractivity contribution in [3.63, 3.8) is 0 Å². The van der Waals surface area contributed by atoms with Gasteiger partial charge in [0, 0.05) is 26.9 Å². The van der Waals surface area contributed by atoms with Crippen molar-refractivity contribution in [1.82, 2.24) is 5.32 Å². The number of hydrogen-bond donors (Lipinski definition) is 4. The average molecular weight is 600 g/mol. The number of carboxylic acids is 1. The molecule has 4 rings (SSSR count). The summed E-state index contributed by atoms with van der Waals surface area (Å²) in [5, 5.41) is 17.8. The Morgan fingerprint density at radius 3 is 2.31 bits per heavy atom. The number of amides is 3. The van der Waals surface area contributed by atoms with Crippen LogP contribution in [-0.2, 0) is 9.59 Å². The molecular weight excluding hydrogens is 574 g/mol. The summed E-state index contributed by atoms with van der Waals surface area (Å²) in [4.78, 5) is 50.7. The zero-order valence-corrected chi connectivity index (χ0v) is 24.0. The molecule has 3 amide bonds. The quantitative estimate of drug-likeness (QED) is 0.122. The van der Waals surface area contributed by atoms with Crippen molar-refractivity contribution < 1.29 is 24.3 Å². The molecule has 10 heteroatoms. The Bertz CT molecular complexity index is 1670. The summed E-state index contributed by atoms with van der Waals surface area (Å²) in [6.07, 6.45) is 1.50. The molecule has 0 saturated heterocycles. The van der Waals surface area contributed by atoms with Crippen LogP contribution >= 0.6 is 23.4 Å². The molecular formula is C32H26ClN3O5S. The number of carboxylic acid groups (broad SMARTS) is 1. The van der Waals surface area contributed by atoms with Crippen LogP contribution in [0.2, 0.25) is 5.02 Å².